The molecular formula is C11H20N4O2. The normalized spacial score (nSPS) is 12.6. The Morgan fingerprint density at radius 1 is 1.41 bits per heavy atom. The van der Waals surface area contributed by atoms with Gasteiger partial charge in [-0.25, -0.2) is 4.68 Å². The minimum absolute atomic E-state index is 0.0717. The molecule has 0 amide bonds. The van der Waals surface area contributed by atoms with E-state index in [4.69, 9.17) is 5.11 Å². The largest absolute Gasteiger partial charge is 0.481 e. The van der Waals surface area contributed by atoms with Crippen molar-refractivity contribution in [3.63, 3.8) is 0 Å². The number of tetrazole rings is 1. The molecule has 0 aromatic carbocycles. The summed E-state index contributed by atoms with van der Waals surface area (Å²) in [5, 5.41) is 20.4. The number of aliphatic carboxylic acids is 1. The molecule has 0 fully saturated rings. The molecule has 6 heteroatoms. The smallest absolute Gasteiger partial charge is 0.305 e. The predicted molar refractivity (Wildman–Crippen MR) is 62.6 cm³/mol. The van der Waals surface area contributed by atoms with Crippen molar-refractivity contribution in [2.75, 3.05) is 0 Å². The third-order valence-corrected chi connectivity index (χ3v) is 2.79. The fourth-order valence-electron chi connectivity index (χ4n) is 1.80. The Morgan fingerprint density at radius 3 is 2.76 bits per heavy atom. The van der Waals surface area contributed by atoms with Crippen LogP contribution in [0.5, 0.6) is 0 Å². The average molecular weight is 240 g/mol. The molecule has 0 bridgehead atoms. The Balaban J connectivity index is 2.67. The maximum absolute atomic E-state index is 10.8. The molecule has 0 saturated heterocycles. The zero-order valence-electron chi connectivity index (χ0n) is 10.5. The van der Waals surface area contributed by atoms with Crippen molar-refractivity contribution in [2.24, 2.45) is 0 Å². The minimum atomic E-state index is -0.813. The summed E-state index contributed by atoms with van der Waals surface area (Å²) < 4.78 is 1.67. The van der Waals surface area contributed by atoms with Crippen molar-refractivity contribution in [1.82, 2.24) is 20.2 Å². The lowest BCUT2D eigenvalue weighted by Gasteiger charge is -2.14. The molecule has 1 atom stereocenters. The maximum atomic E-state index is 10.8. The van der Waals surface area contributed by atoms with Gasteiger partial charge in [-0.1, -0.05) is 26.7 Å². The summed E-state index contributed by atoms with van der Waals surface area (Å²) in [5.41, 5.74) is 0. The highest BCUT2D eigenvalue weighted by atomic mass is 16.4. The van der Waals surface area contributed by atoms with Crippen LogP contribution in [0, 0.1) is 0 Å². The summed E-state index contributed by atoms with van der Waals surface area (Å²) in [4.78, 5) is 10.8. The second-order valence-corrected chi connectivity index (χ2v) is 4.16. The van der Waals surface area contributed by atoms with Crippen molar-refractivity contribution >= 4 is 5.97 Å². The topological polar surface area (TPSA) is 80.9 Å². The summed E-state index contributed by atoms with van der Waals surface area (Å²) in [6, 6.07) is -0.140. The second-order valence-electron chi connectivity index (χ2n) is 4.16. The molecule has 1 aromatic heterocycles. The van der Waals surface area contributed by atoms with Crippen LogP contribution in [0.25, 0.3) is 0 Å². The van der Waals surface area contributed by atoms with Gasteiger partial charge in [0.25, 0.3) is 0 Å². The first-order chi connectivity index (χ1) is 8.19. The molecule has 0 aliphatic rings. The maximum Gasteiger partial charge on any atom is 0.305 e. The number of hydrogen-bond acceptors (Lipinski definition) is 4. The molecule has 1 N–H and O–H groups in total. The fraction of sp³-hybridized carbons (Fsp3) is 0.818. The quantitative estimate of drug-likeness (QED) is 0.701. The van der Waals surface area contributed by atoms with E-state index in [1.54, 1.807) is 4.68 Å². The standard InChI is InChI=1S/C11H20N4O2/c1-3-5-6-7-10-12-13-14-15(10)9(4-2)8-11(16)17/h9H,3-8H2,1-2H3,(H,16,17). The third-order valence-electron chi connectivity index (χ3n) is 2.79. The molecule has 1 heterocycles. The van der Waals surface area contributed by atoms with Crippen molar-refractivity contribution < 1.29 is 9.90 Å². The van der Waals surface area contributed by atoms with Crippen molar-refractivity contribution in [2.45, 2.75) is 58.4 Å². The van der Waals surface area contributed by atoms with E-state index >= 15 is 0 Å². The predicted octanol–water partition coefficient (Wildman–Crippen LogP) is 1.83. The molecule has 1 rings (SSSR count). The minimum Gasteiger partial charge on any atom is -0.481 e. The SMILES string of the molecule is CCCCCc1nnnn1C(CC)CC(=O)O. The lowest BCUT2D eigenvalue weighted by Crippen LogP contribution is -2.17. The van der Waals surface area contributed by atoms with Crippen LogP contribution >= 0.6 is 0 Å². The number of carbonyl (C=O) groups is 1. The number of rotatable bonds is 8. The molecule has 17 heavy (non-hydrogen) atoms. The van der Waals surface area contributed by atoms with E-state index in [1.165, 1.54) is 0 Å². The Bertz CT molecular complexity index is 351. The number of hydrogen-bond donors (Lipinski definition) is 1. The molecule has 0 saturated carbocycles. The molecule has 96 valence electrons. The van der Waals surface area contributed by atoms with Crippen LogP contribution < -0.4 is 0 Å². The Labute approximate surface area is 101 Å². The van der Waals surface area contributed by atoms with Gasteiger partial charge in [0.2, 0.25) is 0 Å². The van der Waals surface area contributed by atoms with Gasteiger partial charge in [0.15, 0.2) is 5.82 Å². The van der Waals surface area contributed by atoms with Gasteiger partial charge in [-0.2, -0.15) is 0 Å². The van der Waals surface area contributed by atoms with E-state index in [1.807, 2.05) is 6.92 Å². The number of aromatic nitrogens is 4. The number of unbranched alkanes of at least 4 members (excludes halogenated alkanes) is 2. The molecule has 0 spiro atoms. The first-order valence-electron chi connectivity index (χ1n) is 6.17. The van der Waals surface area contributed by atoms with E-state index in [2.05, 4.69) is 22.4 Å². The van der Waals surface area contributed by atoms with Gasteiger partial charge >= 0.3 is 5.97 Å². The summed E-state index contributed by atoms with van der Waals surface area (Å²) in [6.45, 7) is 4.09. The monoisotopic (exact) mass is 240 g/mol. The van der Waals surface area contributed by atoms with Crippen LogP contribution in [-0.4, -0.2) is 31.3 Å². The van der Waals surface area contributed by atoms with Crippen LogP contribution in [0.15, 0.2) is 0 Å². The van der Waals surface area contributed by atoms with E-state index < -0.39 is 5.97 Å². The highest BCUT2D eigenvalue weighted by molar-refractivity contribution is 5.67. The Kier molecular flexibility index (Phi) is 5.59. The van der Waals surface area contributed by atoms with Gasteiger partial charge in [0.05, 0.1) is 12.5 Å². The third kappa shape index (κ3) is 4.13. The number of carboxylic acids is 1. The molecule has 6 nitrogen and oxygen atoms in total. The summed E-state index contributed by atoms with van der Waals surface area (Å²) >= 11 is 0. The molecule has 0 radical (unpaired) electrons. The van der Waals surface area contributed by atoms with Gasteiger partial charge in [-0.05, 0) is 23.3 Å². The Hall–Kier alpha value is -1.46. The van der Waals surface area contributed by atoms with E-state index in [0.717, 1.165) is 37.9 Å². The highest BCUT2D eigenvalue weighted by Gasteiger charge is 2.18. The lowest BCUT2D eigenvalue weighted by atomic mass is 10.1. The van der Waals surface area contributed by atoms with Crippen LogP contribution in [0.3, 0.4) is 0 Å². The number of carboxylic acid groups (broad SMARTS) is 1. The first kappa shape index (κ1) is 13.6. The van der Waals surface area contributed by atoms with Crippen LogP contribution in [0.1, 0.15) is 57.8 Å². The van der Waals surface area contributed by atoms with E-state index in [0.29, 0.717) is 0 Å². The first-order valence-corrected chi connectivity index (χ1v) is 6.17. The number of nitrogens with zero attached hydrogens (tertiary/aromatic N) is 4. The zero-order valence-corrected chi connectivity index (χ0v) is 10.5. The molecule has 0 aliphatic carbocycles. The zero-order chi connectivity index (χ0) is 12.7. The van der Waals surface area contributed by atoms with Crippen LogP contribution in [0.4, 0.5) is 0 Å². The summed E-state index contributed by atoms with van der Waals surface area (Å²) in [5.74, 6) is -0.0154. The fourth-order valence-corrected chi connectivity index (χ4v) is 1.80. The molecule has 1 unspecified atom stereocenters. The van der Waals surface area contributed by atoms with Gasteiger partial charge in [0.1, 0.15) is 0 Å². The van der Waals surface area contributed by atoms with E-state index in [9.17, 15) is 4.79 Å². The average Bonchev–Trinajstić information content (AvgIpc) is 2.74. The highest BCUT2D eigenvalue weighted by Crippen LogP contribution is 2.16. The van der Waals surface area contributed by atoms with Crippen molar-refractivity contribution in [3.8, 4) is 0 Å². The Morgan fingerprint density at radius 2 is 2.18 bits per heavy atom. The van der Waals surface area contributed by atoms with Gasteiger partial charge in [-0.3, -0.25) is 4.79 Å². The van der Waals surface area contributed by atoms with Gasteiger partial charge < -0.3 is 5.11 Å². The van der Waals surface area contributed by atoms with Gasteiger partial charge in [0, 0.05) is 6.42 Å². The molecule has 0 aliphatic heterocycles. The second kappa shape index (κ2) is 6.98. The summed E-state index contributed by atoms with van der Waals surface area (Å²) in [7, 11) is 0. The van der Waals surface area contributed by atoms with Crippen molar-refractivity contribution in [3.05, 3.63) is 5.82 Å². The van der Waals surface area contributed by atoms with Crippen LogP contribution in [0.2, 0.25) is 0 Å². The lowest BCUT2D eigenvalue weighted by molar-refractivity contribution is -0.138. The van der Waals surface area contributed by atoms with Crippen LogP contribution in [-0.2, 0) is 11.2 Å². The van der Waals surface area contributed by atoms with Gasteiger partial charge in [-0.15, -0.1) is 5.10 Å². The van der Waals surface area contributed by atoms with Crippen molar-refractivity contribution in [1.29, 1.82) is 0 Å². The summed E-state index contributed by atoms with van der Waals surface area (Å²) in [6.07, 6.45) is 4.94. The number of aryl methyl sites for hydroxylation is 1. The van der Waals surface area contributed by atoms with E-state index in [-0.39, 0.29) is 12.5 Å². The molecular weight excluding hydrogens is 220 g/mol. The molecule has 1 aromatic rings.